The van der Waals surface area contributed by atoms with Crippen LogP contribution >= 0.6 is 10.7 Å². The Balaban J connectivity index is 2.75. The van der Waals surface area contributed by atoms with E-state index in [2.05, 4.69) is 4.74 Å². The Hall–Kier alpha value is -0.680. The van der Waals surface area contributed by atoms with Gasteiger partial charge in [-0.3, -0.25) is 0 Å². The van der Waals surface area contributed by atoms with Gasteiger partial charge in [-0.1, -0.05) is 0 Å². The van der Waals surface area contributed by atoms with Crippen LogP contribution in [0.5, 0.6) is 5.75 Å². The van der Waals surface area contributed by atoms with Gasteiger partial charge in [-0.15, -0.1) is 0 Å². The highest BCUT2D eigenvalue weighted by atomic mass is 35.7. The van der Waals surface area contributed by atoms with Crippen molar-refractivity contribution in [1.82, 2.24) is 0 Å². The van der Waals surface area contributed by atoms with E-state index in [0.717, 1.165) is 0 Å². The topological polar surface area (TPSA) is 26.3 Å². The summed E-state index contributed by atoms with van der Waals surface area (Å²) in [6.07, 6.45) is 0. The van der Waals surface area contributed by atoms with Crippen LogP contribution in [0.3, 0.4) is 0 Å². The summed E-state index contributed by atoms with van der Waals surface area (Å²) in [5.74, 6) is 0.0147. The smallest absolute Gasteiger partial charge is 0.387 e. The van der Waals surface area contributed by atoms with Crippen molar-refractivity contribution in [3.8, 4) is 5.75 Å². The maximum absolute atomic E-state index is 11.7. The molecule has 0 bridgehead atoms. The van der Waals surface area contributed by atoms with Crippen LogP contribution in [-0.2, 0) is 10.0 Å². The van der Waals surface area contributed by atoms with Crippen LogP contribution < -0.4 is 4.74 Å². The molecule has 0 saturated heterocycles. The van der Waals surface area contributed by atoms with Crippen molar-refractivity contribution in [3.63, 3.8) is 0 Å². The molecule has 0 heterocycles. The Bertz CT molecular complexity index is 302. The van der Waals surface area contributed by atoms with Crippen LogP contribution in [-0.4, -0.2) is 10.8 Å². The number of rotatable bonds is 3. The summed E-state index contributed by atoms with van der Waals surface area (Å²) >= 11 is 0. The molecule has 1 aromatic rings. The van der Waals surface area contributed by atoms with Crippen LogP contribution in [0.1, 0.15) is 0 Å². The fourth-order valence-corrected chi connectivity index (χ4v) is 1.39. The molecule has 1 atom stereocenters. The quantitative estimate of drug-likeness (QED) is 0.741. The van der Waals surface area contributed by atoms with E-state index in [1.807, 2.05) is 0 Å². The molecule has 1 unspecified atom stereocenters. The Morgan fingerprint density at radius 2 is 1.85 bits per heavy atom. The lowest BCUT2D eigenvalue weighted by molar-refractivity contribution is -0.0498. The lowest BCUT2D eigenvalue weighted by Crippen LogP contribution is -2.01. The SMILES string of the molecule is O=S(Cl)c1ccc(OC(F)F)cc1. The Morgan fingerprint density at radius 1 is 1.31 bits per heavy atom. The van der Waals surface area contributed by atoms with E-state index < -0.39 is 16.6 Å². The molecule has 0 amide bonds. The number of ether oxygens (including phenoxy) is 1. The number of alkyl halides is 2. The standard InChI is InChI=1S/C7H5ClF2O2S/c8-13(11)6-3-1-5(2-4-6)12-7(9)10/h1-4,7H. The Morgan fingerprint density at radius 3 is 2.23 bits per heavy atom. The van der Waals surface area contributed by atoms with E-state index in [0.29, 0.717) is 4.90 Å². The molecule has 0 fully saturated rings. The van der Waals surface area contributed by atoms with Crippen molar-refractivity contribution in [2.75, 3.05) is 0 Å². The zero-order valence-corrected chi connectivity index (χ0v) is 7.82. The number of hydrogen-bond donors (Lipinski definition) is 0. The second-order valence-corrected chi connectivity index (χ2v) is 3.83. The fraction of sp³-hybridized carbons (Fsp3) is 0.143. The highest BCUT2D eigenvalue weighted by molar-refractivity contribution is 8.08. The third-order valence-electron chi connectivity index (χ3n) is 1.23. The maximum Gasteiger partial charge on any atom is 0.387 e. The van der Waals surface area contributed by atoms with Crippen LogP contribution in [0.15, 0.2) is 29.2 Å². The minimum absolute atomic E-state index is 0.0147. The lowest BCUT2D eigenvalue weighted by Gasteiger charge is -2.03. The lowest BCUT2D eigenvalue weighted by atomic mass is 10.3. The number of benzene rings is 1. The molecule has 0 aromatic heterocycles. The Kier molecular flexibility index (Phi) is 3.62. The Labute approximate surface area is 80.4 Å². The first-order valence-corrected chi connectivity index (χ1v) is 5.20. The first kappa shape index (κ1) is 10.4. The summed E-state index contributed by atoms with van der Waals surface area (Å²) in [4.78, 5) is 0.350. The summed E-state index contributed by atoms with van der Waals surface area (Å²) in [7, 11) is 3.62. The second kappa shape index (κ2) is 4.53. The molecular weight excluding hydrogens is 222 g/mol. The zero-order chi connectivity index (χ0) is 9.84. The highest BCUT2D eigenvalue weighted by Gasteiger charge is 2.04. The predicted molar refractivity (Wildman–Crippen MR) is 45.3 cm³/mol. The van der Waals surface area contributed by atoms with E-state index in [4.69, 9.17) is 10.7 Å². The molecule has 0 spiro atoms. The molecule has 13 heavy (non-hydrogen) atoms. The molecule has 0 saturated carbocycles. The van der Waals surface area contributed by atoms with Crippen LogP contribution in [0.2, 0.25) is 0 Å². The van der Waals surface area contributed by atoms with E-state index in [9.17, 15) is 13.0 Å². The molecule has 0 aliphatic carbocycles. The van der Waals surface area contributed by atoms with Crippen LogP contribution in [0.4, 0.5) is 8.78 Å². The van der Waals surface area contributed by atoms with Gasteiger partial charge in [0.1, 0.15) is 15.8 Å². The predicted octanol–water partition coefficient (Wildman–Crippen LogP) is 2.55. The van der Waals surface area contributed by atoms with Crippen molar-refractivity contribution in [3.05, 3.63) is 24.3 Å². The number of hydrogen-bond acceptors (Lipinski definition) is 2. The van der Waals surface area contributed by atoms with Gasteiger partial charge >= 0.3 is 6.61 Å². The molecular formula is C7H5ClF2O2S. The van der Waals surface area contributed by atoms with Crippen molar-refractivity contribution in [1.29, 1.82) is 0 Å². The summed E-state index contributed by atoms with van der Waals surface area (Å²) in [5.41, 5.74) is 0. The molecule has 0 radical (unpaired) electrons. The van der Waals surface area contributed by atoms with Crippen molar-refractivity contribution < 1.29 is 17.7 Å². The van der Waals surface area contributed by atoms with Crippen LogP contribution in [0.25, 0.3) is 0 Å². The minimum Gasteiger partial charge on any atom is -0.435 e. The second-order valence-electron chi connectivity index (χ2n) is 2.07. The molecule has 1 aromatic carbocycles. The molecule has 6 heteroatoms. The van der Waals surface area contributed by atoms with E-state index in [1.54, 1.807) is 0 Å². The summed E-state index contributed by atoms with van der Waals surface area (Å²) < 4.78 is 38.1. The van der Waals surface area contributed by atoms with Gasteiger partial charge in [-0.25, -0.2) is 4.21 Å². The summed E-state index contributed by atoms with van der Waals surface area (Å²) in [6, 6.07) is 5.28. The average Bonchev–Trinajstić information content (AvgIpc) is 2.04. The molecule has 1 rings (SSSR count). The van der Waals surface area contributed by atoms with Gasteiger partial charge in [0.05, 0.1) is 4.90 Å². The van der Waals surface area contributed by atoms with Gasteiger partial charge in [-0.2, -0.15) is 8.78 Å². The molecule has 2 nitrogen and oxygen atoms in total. The highest BCUT2D eigenvalue weighted by Crippen LogP contribution is 2.17. The van der Waals surface area contributed by atoms with Gasteiger partial charge in [0, 0.05) is 0 Å². The van der Waals surface area contributed by atoms with Gasteiger partial charge < -0.3 is 4.74 Å². The van der Waals surface area contributed by atoms with Gasteiger partial charge in [0.2, 0.25) is 0 Å². The maximum atomic E-state index is 11.7. The van der Waals surface area contributed by atoms with E-state index in [1.165, 1.54) is 24.3 Å². The van der Waals surface area contributed by atoms with Crippen molar-refractivity contribution >= 4 is 20.7 Å². The van der Waals surface area contributed by atoms with Crippen LogP contribution in [0, 0.1) is 0 Å². The summed E-state index contributed by atoms with van der Waals surface area (Å²) in [5, 5.41) is 0. The average molecular weight is 227 g/mol. The molecule has 0 aliphatic rings. The first-order chi connectivity index (χ1) is 6.09. The third-order valence-corrected chi connectivity index (χ3v) is 2.41. The third kappa shape index (κ3) is 3.28. The van der Waals surface area contributed by atoms with E-state index >= 15 is 0 Å². The van der Waals surface area contributed by atoms with E-state index in [-0.39, 0.29) is 5.75 Å². The minimum atomic E-state index is -2.85. The largest absolute Gasteiger partial charge is 0.435 e. The van der Waals surface area contributed by atoms with Crippen molar-refractivity contribution in [2.45, 2.75) is 11.5 Å². The fourth-order valence-electron chi connectivity index (χ4n) is 0.728. The molecule has 72 valence electrons. The van der Waals surface area contributed by atoms with Gasteiger partial charge in [0.25, 0.3) is 0 Å². The monoisotopic (exact) mass is 226 g/mol. The normalized spacial score (nSPS) is 12.9. The van der Waals surface area contributed by atoms with Crippen molar-refractivity contribution in [2.24, 2.45) is 0 Å². The molecule has 0 aliphatic heterocycles. The molecule has 0 N–H and O–H groups in total. The van der Waals surface area contributed by atoms with Gasteiger partial charge in [-0.05, 0) is 34.9 Å². The summed E-state index contributed by atoms with van der Waals surface area (Å²) in [6.45, 7) is -2.85. The first-order valence-electron chi connectivity index (χ1n) is 3.22. The zero-order valence-electron chi connectivity index (χ0n) is 6.25. The number of halogens is 3. The van der Waals surface area contributed by atoms with Gasteiger partial charge in [0.15, 0.2) is 0 Å².